The van der Waals surface area contributed by atoms with Crippen molar-refractivity contribution in [3.05, 3.63) is 24.3 Å². The number of hydrogen-bond acceptors (Lipinski definition) is 2. The minimum atomic E-state index is -0.480. The summed E-state index contributed by atoms with van der Waals surface area (Å²) in [5, 5.41) is 10.9. The number of piperazine rings is 1. The average molecular weight is 407 g/mol. The van der Waals surface area contributed by atoms with Crippen LogP contribution in [0.15, 0.2) is 24.3 Å². The summed E-state index contributed by atoms with van der Waals surface area (Å²) < 4.78 is 5.79. The monoisotopic (exact) mass is 406 g/mol. The molecule has 1 unspecified atom stereocenters. The Morgan fingerprint density at radius 3 is 2.27 bits per heavy atom. The lowest BCUT2D eigenvalue weighted by atomic mass is 9.93. The van der Waals surface area contributed by atoms with Gasteiger partial charge in [0, 0.05) is 6.07 Å². The Labute approximate surface area is 171 Å². The first-order valence-corrected chi connectivity index (χ1v) is 9.74. The van der Waals surface area contributed by atoms with Crippen molar-refractivity contribution in [3.8, 4) is 5.75 Å². The number of para-hydroxylation sites is 2. The van der Waals surface area contributed by atoms with E-state index in [9.17, 15) is 5.11 Å². The van der Waals surface area contributed by atoms with Crippen molar-refractivity contribution in [2.24, 2.45) is 0 Å². The fourth-order valence-corrected chi connectivity index (χ4v) is 3.75. The van der Waals surface area contributed by atoms with Crippen LogP contribution in [0.2, 0.25) is 0 Å². The highest BCUT2D eigenvalue weighted by Gasteiger charge is 2.34. The van der Waals surface area contributed by atoms with Gasteiger partial charge in [-0.2, -0.15) is 0 Å². The largest absolute Gasteiger partial charge is 1.00 e. The molecule has 4 nitrogen and oxygen atoms in total. The number of ether oxygens (including phenoxy) is 1. The van der Waals surface area contributed by atoms with Crippen molar-refractivity contribution in [2.75, 3.05) is 39.3 Å². The van der Waals surface area contributed by atoms with Gasteiger partial charge in [-0.15, -0.1) is 0 Å². The zero-order valence-electron chi connectivity index (χ0n) is 16.5. The summed E-state index contributed by atoms with van der Waals surface area (Å²) in [6, 6.07) is 8.41. The third-order valence-corrected chi connectivity index (χ3v) is 5.36. The fourth-order valence-electron chi connectivity index (χ4n) is 3.75. The van der Waals surface area contributed by atoms with Gasteiger partial charge in [0.05, 0.1) is 6.61 Å². The zero-order valence-corrected chi connectivity index (χ0v) is 18.0. The number of quaternary nitrogens is 2. The number of aliphatic hydroxyl groups is 1. The maximum atomic E-state index is 10.9. The van der Waals surface area contributed by atoms with Gasteiger partial charge >= 0.3 is 0 Å². The van der Waals surface area contributed by atoms with Gasteiger partial charge in [-0.25, -0.2) is 0 Å². The highest BCUT2D eigenvalue weighted by atomic mass is 35.5. The summed E-state index contributed by atoms with van der Waals surface area (Å²) in [5.41, 5.74) is 0.807. The third kappa shape index (κ3) is 7.24. The van der Waals surface area contributed by atoms with Crippen molar-refractivity contribution in [3.63, 3.8) is 0 Å². The molecule has 1 aromatic carbocycles. The van der Waals surface area contributed by atoms with Crippen molar-refractivity contribution >= 4 is 5.69 Å². The standard InChI is InChI=1S/C20H34N2O2.2ClH/c1-4-7-12-20(23,5-2)17-21-13-15-22(16-14-21)18-10-8-9-11-19(18)24-6-3;;/h8-11,23H,4-7,12-17H2,1-3H3;2*1H. The van der Waals surface area contributed by atoms with E-state index in [0.717, 1.165) is 64.2 Å². The van der Waals surface area contributed by atoms with Gasteiger partial charge < -0.3 is 39.6 Å². The number of hydrogen-bond donors (Lipinski definition) is 3. The topological polar surface area (TPSA) is 38.3 Å². The van der Waals surface area contributed by atoms with Crippen molar-refractivity contribution in [1.29, 1.82) is 0 Å². The molecule has 3 N–H and O–H groups in total. The molecule has 152 valence electrons. The van der Waals surface area contributed by atoms with E-state index in [1.165, 1.54) is 10.6 Å². The Bertz CT molecular complexity index is 496. The molecular weight excluding hydrogens is 371 g/mol. The van der Waals surface area contributed by atoms with Gasteiger partial charge in [-0.3, -0.25) is 4.90 Å². The Morgan fingerprint density at radius 2 is 1.69 bits per heavy atom. The molecule has 1 aromatic rings. The summed E-state index contributed by atoms with van der Waals surface area (Å²) in [7, 11) is 0. The second-order valence-electron chi connectivity index (χ2n) is 7.14. The molecule has 0 radical (unpaired) electrons. The van der Waals surface area contributed by atoms with E-state index in [4.69, 9.17) is 4.74 Å². The second-order valence-corrected chi connectivity index (χ2v) is 7.14. The molecule has 2 rings (SSSR count). The molecule has 1 heterocycles. The molecule has 0 aromatic heterocycles. The molecule has 6 heteroatoms. The molecule has 1 aliphatic heterocycles. The van der Waals surface area contributed by atoms with Gasteiger partial charge in [0.1, 0.15) is 38.3 Å². The van der Waals surface area contributed by atoms with E-state index in [1.54, 1.807) is 4.90 Å². The highest BCUT2D eigenvalue weighted by Crippen LogP contribution is 2.20. The van der Waals surface area contributed by atoms with Crippen LogP contribution < -0.4 is 39.4 Å². The molecule has 0 saturated carbocycles. The van der Waals surface area contributed by atoms with Crippen LogP contribution in [-0.2, 0) is 0 Å². The number of benzene rings is 1. The summed E-state index contributed by atoms with van der Waals surface area (Å²) in [5.74, 6) is 1.02. The maximum absolute atomic E-state index is 10.9. The molecule has 0 amide bonds. The highest BCUT2D eigenvalue weighted by molar-refractivity contribution is 5.45. The zero-order chi connectivity index (χ0) is 17.4. The second kappa shape index (κ2) is 12.8. The van der Waals surface area contributed by atoms with E-state index in [0.29, 0.717) is 6.61 Å². The molecule has 1 saturated heterocycles. The Kier molecular flexibility index (Phi) is 12.5. The molecule has 1 fully saturated rings. The lowest BCUT2D eigenvalue weighted by molar-refractivity contribution is -0.989. The van der Waals surface area contributed by atoms with Crippen LogP contribution in [-0.4, -0.2) is 50.0 Å². The normalized spacial score (nSPS) is 21.8. The molecule has 1 aliphatic rings. The van der Waals surface area contributed by atoms with Crippen LogP contribution in [0.3, 0.4) is 0 Å². The molecule has 0 bridgehead atoms. The number of halogens is 2. The molecule has 0 spiro atoms. The van der Waals surface area contributed by atoms with Gasteiger partial charge in [-0.05, 0) is 25.8 Å². The molecule has 0 aliphatic carbocycles. The van der Waals surface area contributed by atoms with Crippen molar-refractivity contribution < 1.29 is 44.5 Å². The summed E-state index contributed by atoms with van der Waals surface area (Å²) in [6.45, 7) is 12.4. The summed E-state index contributed by atoms with van der Waals surface area (Å²) >= 11 is 0. The molecule has 1 atom stereocenters. The van der Waals surface area contributed by atoms with E-state index < -0.39 is 5.60 Å². The fraction of sp³-hybridized carbons (Fsp3) is 0.700. The minimum Gasteiger partial charge on any atom is -1.00 e. The lowest BCUT2D eigenvalue weighted by Crippen LogP contribution is -3.27. The Balaban J connectivity index is 0.00000312. The van der Waals surface area contributed by atoms with Crippen LogP contribution in [0.4, 0.5) is 5.69 Å². The molecule has 26 heavy (non-hydrogen) atoms. The smallest absolute Gasteiger partial charge is 0.179 e. The van der Waals surface area contributed by atoms with E-state index in [2.05, 4.69) is 32.0 Å². The average Bonchev–Trinajstić information content (AvgIpc) is 2.62. The number of unbranched alkanes of at least 4 members (excludes halogenated alkanes) is 1. The predicted octanol–water partition coefficient (Wildman–Crippen LogP) is -5.16. The van der Waals surface area contributed by atoms with Crippen LogP contribution in [0, 0.1) is 0 Å². The van der Waals surface area contributed by atoms with Crippen LogP contribution in [0.25, 0.3) is 0 Å². The van der Waals surface area contributed by atoms with Gasteiger partial charge in [0.15, 0.2) is 11.4 Å². The Morgan fingerprint density at radius 1 is 1.04 bits per heavy atom. The lowest BCUT2D eigenvalue weighted by Gasteiger charge is -2.35. The summed E-state index contributed by atoms with van der Waals surface area (Å²) in [6.07, 6.45) is 4.08. The van der Waals surface area contributed by atoms with Crippen molar-refractivity contribution in [2.45, 2.75) is 52.1 Å². The van der Waals surface area contributed by atoms with Crippen LogP contribution in [0.5, 0.6) is 5.75 Å². The van der Waals surface area contributed by atoms with E-state index in [-0.39, 0.29) is 24.8 Å². The first kappa shape index (κ1) is 25.5. The summed E-state index contributed by atoms with van der Waals surface area (Å²) in [4.78, 5) is 3.06. The quantitative estimate of drug-likeness (QED) is 0.383. The Hall–Kier alpha value is -0.520. The van der Waals surface area contributed by atoms with Crippen molar-refractivity contribution in [1.82, 2.24) is 0 Å². The first-order chi connectivity index (χ1) is 11.6. The number of nitrogens with one attached hydrogen (secondary N) is 2. The maximum Gasteiger partial charge on any atom is 0.179 e. The third-order valence-electron chi connectivity index (χ3n) is 5.36. The van der Waals surface area contributed by atoms with Gasteiger partial charge in [0.2, 0.25) is 0 Å². The SMILES string of the molecule is CCCCC(O)(CC)C[NH+]1CC[NH+](c2ccccc2OCC)CC1.[Cl-].[Cl-]. The first-order valence-electron chi connectivity index (χ1n) is 9.74. The predicted molar refractivity (Wildman–Crippen MR) is 98.3 cm³/mol. The molecular formula is C20H36Cl2N2O2. The minimum absolute atomic E-state index is 0. The van der Waals surface area contributed by atoms with E-state index in [1.807, 2.05) is 13.0 Å². The van der Waals surface area contributed by atoms with Gasteiger partial charge in [-0.1, -0.05) is 38.8 Å². The van der Waals surface area contributed by atoms with Crippen LogP contribution >= 0.6 is 0 Å². The van der Waals surface area contributed by atoms with Crippen LogP contribution in [0.1, 0.15) is 46.5 Å². The van der Waals surface area contributed by atoms with Gasteiger partial charge in [0.25, 0.3) is 0 Å². The van der Waals surface area contributed by atoms with E-state index >= 15 is 0 Å². The number of rotatable bonds is 9.